The molecule has 0 bridgehead atoms. The minimum absolute atomic E-state index is 0.0203. The molecule has 4 rings (SSSR count). The molecular weight excluding hydrogens is 518 g/mol. The van der Waals surface area contributed by atoms with E-state index in [0.29, 0.717) is 30.5 Å². The minimum Gasteiger partial charge on any atom is -0.755 e. The molecule has 186 valence electrons. The van der Waals surface area contributed by atoms with Gasteiger partial charge in [-0.3, -0.25) is 8.51 Å². The van der Waals surface area contributed by atoms with E-state index in [9.17, 15) is 27.1 Å². The van der Waals surface area contributed by atoms with Crippen LogP contribution in [0.2, 0.25) is 0 Å². The molecule has 1 atom stereocenters. The second kappa shape index (κ2) is 11.2. The summed E-state index contributed by atoms with van der Waals surface area (Å²) in [6.07, 6.45) is 1.60. The van der Waals surface area contributed by atoms with Crippen molar-refractivity contribution in [1.29, 1.82) is 0 Å². The van der Waals surface area contributed by atoms with Crippen molar-refractivity contribution in [2.75, 3.05) is 4.31 Å². The van der Waals surface area contributed by atoms with Gasteiger partial charge in [-0.25, -0.2) is 13.2 Å². The monoisotopic (exact) mass is 540 g/mol. The van der Waals surface area contributed by atoms with Gasteiger partial charge in [0, 0.05) is 5.38 Å². The lowest BCUT2D eigenvalue weighted by molar-refractivity contribution is 0.0695. The first-order chi connectivity index (χ1) is 17.3. The topological polar surface area (TPSA) is 115 Å². The second-order valence-corrected chi connectivity index (χ2v) is 11.5. The van der Waals surface area contributed by atoms with Crippen LogP contribution in [0.3, 0.4) is 0 Å². The summed E-state index contributed by atoms with van der Waals surface area (Å²) >= 11 is -1.68. The first-order valence-electron chi connectivity index (χ1n) is 11.0. The summed E-state index contributed by atoms with van der Waals surface area (Å²) in [5, 5.41) is 11.1. The Bertz CT molecular complexity index is 1500. The van der Waals surface area contributed by atoms with Crippen LogP contribution in [0.5, 0.6) is 0 Å². The maximum absolute atomic E-state index is 13.0. The van der Waals surface area contributed by atoms with Gasteiger partial charge in [-0.2, -0.15) is 0 Å². The van der Waals surface area contributed by atoms with Crippen LogP contribution in [0.4, 0.5) is 10.7 Å². The van der Waals surface area contributed by atoms with Crippen LogP contribution in [0, 0.1) is 0 Å². The first kappa shape index (κ1) is 25.8. The van der Waals surface area contributed by atoms with Gasteiger partial charge in [0.05, 0.1) is 32.3 Å². The Hall–Kier alpha value is -3.31. The molecule has 4 aromatic rings. The molecule has 0 fully saturated rings. The normalized spacial score (nSPS) is 12.2. The maximum Gasteiger partial charge on any atom is 0.335 e. The Morgan fingerprint density at radius 2 is 1.50 bits per heavy atom. The number of aromatic carboxylic acids is 1. The van der Waals surface area contributed by atoms with Crippen LogP contribution in [0.15, 0.2) is 100 Å². The Kier molecular flexibility index (Phi) is 8.00. The third kappa shape index (κ3) is 5.57. The third-order valence-electron chi connectivity index (χ3n) is 5.63. The molecule has 7 nitrogen and oxygen atoms in total. The average Bonchev–Trinajstić information content (AvgIpc) is 3.36. The molecule has 1 heterocycles. The number of carbonyl (C=O) groups is 1. The quantitative estimate of drug-likeness (QED) is 0.270. The standard InChI is InChI=1S/C26H23NO6S3/c28-26(29)23-15-6-4-9-19(23)11-8-12-20-10-5-7-16-24(20)27(35(30)31)25-17-22(18-34-25)36(32,33)21-13-2-1-3-14-21/h1-7,9-10,13-18H,8,11-12H2,(H,28,29)(H,30,31)/p-1. The van der Waals surface area contributed by atoms with Crippen LogP contribution in [0.1, 0.15) is 27.9 Å². The van der Waals surface area contributed by atoms with Gasteiger partial charge in [-0.05, 0) is 60.7 Å². The number of rotatable bonds is 10. The number of aryl methyl sites for hydroxylation is 2. The van der Waals surface area contributed by atoms with Crippen molar-refractivity contribution in [3.63, 3.8) is 0 Å². The molecule has 36 heavy (non-hydrogen) atoms. The molecule has 0 spiro atoms. The molecule has 0 radical (unpaired) electrons. The van der Waals surface area contributed by atoms with Crippen LogP contribution in [-0.4, -0.2) is 28.3 Å². The summed E-state index contributed by atoms with van der Waals surface area (Å²) in [6, 6.07) is 23.1. The van der Waals surface area contributed by atoms with Gasteiger partial charge in [0.15, 0.2) is 0 Å². The molecule has 10 heteroatoms. The van der Waals surface area contributed by atoms with E-state index in [-0.39, 0.29) is 20.4 Å². The van der Waals surface area contributed by atoms with Crippen molar-refractivity contribution in [2.24, 2.45) is 0 Å². The second-order valence-electron chi connectivity index (χ2n) is 7.89. The van der Waals surface area contributed by atoms with Crippen molar-refractivity contribution in [1.82, 2.24) is 0 Å². The molecule has 0 amide bonds. The minimum atomic E-state index is -3.79. The summed E-state index contributed by atoms with van der Waals surface area (Å²) < 4.78 is 51.7. The lowest BCUT2D eigenvalue weighted by atomic mass is 9.99. The number of hydrogen-bond acceptors (Lipinski definition) is 6. The zero-order chi connectivity index (χ0) is 25.7. The number of para-hydroxylation sites is 1. The zero-order valence-corrected chi connectivity index (χ0v) is 21.4. The van der Waals surface area contributed by atoms with Crippen molar-refractivity contribution in [3.05, 3.63) is 107 Å². The number of thiophene rings is 1. The highest BCUT2D eigenvalue weighted by Gasteiger charge is 2.23. The SMILES string of the molecule is O=C(O)c1ccccc1CCCc1ccccc1N(c1cc(S(=O)(=O)c2ccccc2)cs1)S(=O)[O-]. The van der Waals surface area contributed by atoms with Gasteiger partial charge in [0.25, 0.3) is 0 Å². The number of hydrogen-bond donors (Lipinski definition) is 1. The molecule has 1 aromatic heterocycles. The highest BCUT2D eigenvalue weighted by atomic mass is 32.2. The number of anilines is 2. The molecule has 1 N–H and O–H groups in total. The smallest absolute Gasteiger partial charge is 0.335 e. The maximum atomic E-state index is 13.0. The van der Waals surface area contributed by atoms with Crippen LogP contribution in [0.25, 0.3) is 0 Å². The number of carboxylic acids is 1. The van der Waals surface area contributed by atoms with Crippen LogP contribution in [-0.2, 0) is 33.9 Å². The van der Waals surface area contributed by atoms with E-state index < -0.39 is 27.1 Å². The van der Waals surface area contributed by atoms with Crippen molar-refractivity contribution in [2.45, 2.75) is 29.1 Å². The van der Waals surface area contributed by atoms with E-state index in [2.05, 4.69) is 0 Å². The van der Waals surface area contributed by atoms with Gasteiger partial charge >= 0.3 is 5.97 Å². The fourth-order valence-electron chi connectivity index (χ4n) is 3.90. The fourth-order valence-corrected chi connectivity index (χ4v) is 7.22. The van der Waals surface area contributed by atoms with Gasteiger partial charge < -0.3 is 9.66 Å². The largest absolute Gasteiger partial charge is 0.755 e. The summed E-state index contributed by atoms with van der Waals surface area (Å²) in [7, 11) is -3.79. The van der Waals surface area contributed by atoms with Crippen molar-refractivity contribution < 1.29 is 27.1 Å². The summed E-state index contributed by atoms with van der Waals surface area (Å²) in [6.45, 7) is 0. The Morgan fingerprint density at radius 3 is 2.19 bits per heavy atom. The Labute approximate surface area is 216 Å². The van der Waals surface area contributed by atoms with E-state index in [1.54, 1.807) is 60.7 Å². The first-order valence-corrected chi connectivity index (χ1v) is 14.4. The summed E-state index contributed by atoms with van der Waals surface area (Å²) in [5.74, 6) is -0.988. The number of sulfone groups is 1. The molecule has 0 aliphatic rings. The fraction of sp³-hybridized carbons (Fsp3) is 0.115. The molecule has 0 aliphatic carbocycles. The van der Waals surface area contributed by atoms with E-state index >= 15 is 0 Å². The van der Waals surface area contributed by atoms with Crippen molar-refractivity contribution in [3.8, 4) is 0 Å². The highest BCUT2D eigenvalue weighted by Crippen LogP contribution is 2.37. The van der Waals surface area contributed by atoms with Crippen molar-refractivity contribution >= 4 is 49.1 Å². The number of carboxylic acid groups (broad SMARTS) is 1. The zero-order valence-electron chi connectivity index (χ0n) is 18.9. The molecule has 1 unspecified atom stereocenters. The lowest BCUT2D eigenvalue weighted by Gasteiger charge is -2.27. The van der Waals surface area contributed by atoms with E-state index in [4.69, 9.17) is 0 Å². The predicted molar refractivity (Wildman–Crippen MR) is 139 cm³/mol. The number of nitrogens with zero attached hydrogens (tertiary/aromatic N) is 1. The average molecular weight is 541 g/mol. The van der Waals surface area contributed by atoms with Gasteiger partial charge in [-0.1, -0.05) is 54.6 Å². The molecule has 0 saturated heterocycles. The molecular formula is C26H22NO6S3-. The number of benzene rings is 3. The molecule has 3 aromatic carbocycles. The van der Waals surface area contributed by atoms with E-state index in [1.807, 2.05) is 6.07 Å². The van der Waals surface area contributed by atoms with Gasteiger partial charge in [0.1, 0.15) is 5.00 Å². The van der Waals surface area contributed by atoms with Gasteiger partial charge in [-0.15, -0.1) is 11.3 Å². The van der Waals surface area contributed by atoms with Crippen LogP contribution >= 0.6 is 11.3 Å². The molecule has 0 saturated carbocycles. The van der Waals surface area contributed by atoms with Crippen LogP contribution < -0.4 is 4.31 Å². The lowest BCUT2D eigenvalue weighted by Crippen LogP contribution is -2.20. The van der Waals surface area contributed by atoms with Gasteiger partial charge in [0.2, 0.25) is 9.84 Å². The predicted octanol–water partition coefficient (Wildman–Crippen LogP) is 5.39. The Balaban J connectivity index is 1.60. The third-order valence-corrected chi connectivity index (χ3v) is 9.24. The summed E-state index contributed by atoms with van der Waals surface area (Å²) in [4.78, 5) is 11.6. The van der Waals surface area contributed by atoms with E-state index in [1.165, 1.54) is 23.6 Å². The Morgan fingerprint density at radius 1 is 0.889 bits per heavy atom. The molecule has 0 aliphatic heterocycles. The summed E-state index contributed by atoms with van der Waals surface area (Å²) in [5.41, 5.74) is 2.12. The highest BCUT2D eigenvalue weighted by molar-refractivity contribution is 7.91. The van der Waals surface area contributed by atoms with E-state index in [0.717, 1.165) is 21.2 Å².